The van der Waals surface area contributed by atoms with E-state index < -0.39 is 0 Å². The van der Waals surface area contributed by atoms with Gasteiger partial charge in [0.1, 0.15) is 5.75 Å². The summed E-state index contributed by atoms with van der Waals surface area (Å²) in [5.74, 6) is 1.10. The van der Waals surface area contributed by atoms with Crippen molar-refractivity contribution in [3.05, 3.63) is 101 Å². The SMILES string of the molecule is CC(C)COc1ccc(/C=N\NC(=O)c2ccc(CN3CCc4ccccc4C3)cc2)cc1. The first kappa shape index (κ1) is 22.7. The number of carbonyl (C=O) groups is 1. The van der Waals surface area contributed by atoms with Gasteiger partial charge in [-0.05, 0) is 71.0 Å². The Bertz CT molecular complexity index is 1090. The average Bonchev–Trinajstić information content (AvgIpc) is 2.84. The fourth-order valence-electron chi connectivity index (χ4n) is 3.85. The molecule has 0 aliphatic carbocycles. The molecule has 0 fully saturated rings. The zero-order valence-corrected chi connectivity index (χ0v) is 19.3. The van der Waals surface area contributed by atoms with E-state index in [1.54, 1.807) is 6.21 Å². The zero-order valence-electron chi connectivity index (χ0n) is 19.3. The molecule has 1 heterocycles. The predicted octanol–water partition coefficient (Wildman–Crippen LogP) is 5.04. The molecule has 0 unspecified atom stereocenters. The number of fused-ring (bicyclic) bond motifs is 1. The number of rotatable bonds is 8. The van der Waals surface area contributed by atoms with E-state index in [1.165, 1.54) is 16.7 Å². The summed E-state index contributed by atoms with van der Waals surface area (Å²) in [5.41, 5.74) is 8.16. The summed E-state index contributed by atoms with van der Waals surface area (Å²) < 4.78 is 5.68. The van der Waals surface area contributed by atoms with Gasteiger partial charge in [0, 0.05) is 25.2 Å². The van der Waals surface area contributed by atoms with Crippen molar-refractivity contribution in [2.24, 2.45) is 11.0 Å². The molecule has 0 spiro atoms. The van der Waals surface area contributed by atoms with Gasteiger partial charge in [-0.25, -0.2) is 5.43 Å². The Morgan fingerprint density at radius 3 is 2.48 bits per heavy atom. The molecule has 170 valence electrons. The van der Waals surface area contributed by atoms with E-state index >= 15 is 0 Å². The van der Waals surface area contributed by atoms with Gasteiger partial charge in [-0.2, -0.15) is 5.10 Å². The molecule has 0 bridgehead atoms. The Morgan fingerprint density at radius 2 is 1.76 bits per heavy atom. The molecule has 1 aliphatic heterocycles. The molecule has 3 aromatic carbocycles. The molecule has 5 heteroatoms. The molecule has 1 amide bonds. The molecule has 0 saturated heterocycles. The summed E-state index contributed by atoms with van der Waals surface area (Å²) in [4.78, 5) is 14.9. The lowest BCUT2D eigenvalue weighted by molar-refractivity contribution is 0.0955. The van der Waals surface area contributed by atoms with Gasteiger partial charge in [0.15, 0.2) is 0 Å². The average molecular weight is 442 g/mol. The maximum Gasteiger partial charge on any atom is 0.271 e. The van der Waals surface area contributed by atoms with E-state index in [9.17, 15) is 4.79 Å². The second-order valence-electron chi connectivity index (χ2n) is 8.90. The molecule has 4 rings (SSSR count). The predicted molar refractivity (Wildman–Crippen MR) is 133 cm³/mol. The van der Waals surface area contributed by atoms with Gasteiger partial charge >= 0.3 is 0 Å². The summed E-state index contributed by atoms with van der Waals surface area (Å²) in [5, 5.41) is 4.09. The molecule has 0 saturated carbocycles. The standard InChI is InChI=1S/C28H31N3O2/c1-21(2)20-33-27-13-9-22(10-14-27)17-29-30-28(32)25-11-7-23(8-12-25)18-31-16-15-24-5-3-4-6-26(24)19-31/h3-14,17,21H,15-16,18-20H2,1-2H3,(H,30,32)/b29-17-. The van der Waals surface area contributed by atoms with Gasteiger partial charge in [0.05, 0.1) is 12.8 Å². The molecule has 3 aromatic rings. The van der Waals surface area contributed by atoms with Gasteiger partial charge in [0.25, 0.3) is 5.91 Å². The van der Waals surface area contributed by atoms with Crippen LogP contribution in [0, 0.1) is 5.92 Å². The van der Waals surface area contributed by atoms with Gasteiger partial charge in [0.2, 0.25) is 0 Å². The fourth-order valence-corrected chi connectivity index (χ4v) is 3.85. The Labute approximate surface area is 196 Å². The van der Waals surface area contributed by atoms with Crippen LogP contribution >= 0.6 is 0 Å². The first-order valence-corrected chi connectivity index (χ1v) is 11.5. The lowest BCUT2D eigenvalue weighted by atomic mass is 9.99. The van der Waals surface area contributed by atoms with Gasteiger partial charge in [-0.1, -0.05) is 50.2 Å². The summed E-state index contributed by atoms with van der Waals surface area (Å²) in [6, 6.07) is 24.1. The van der Waals surface area contributed by atoms with Gasteiger partial charge < -0.3 is 4.74 Å². The van der Waals surface area contributed by atoms with Crippen molar-refractivity contribution in [3.63, 3.8) is 0 Å². The number of ether oxygens (including phenoxy) is 1. The fraction of sp³-hybridized carbons (Fsp3) is 0.286. The highest BCUT2D eigenvalue weighted by molar-refractivity contribution is 5.94. The molecular formula is C28H31N3O2. The lowest BCUT2D eigenvalue weighted by Gasteiger charge is -2.28. The van der Waals surface area contributed by atoms with E-state index in [0.717, 1.165) is 37.4 Å². The van der Waals surface area contributed by atoms with Crippen LogP contribution in [0.5, 0.6) is 5.75 Å². The minimum Gasteiger partial charge on any atom is -0.493 e. The highest BCUT2D eigenvalue weighted by Gasteiger charge is 2.15. The van der Waals surface area contributed by atoms with E-state index in [4.69, 9.17) is 4.74 Å². The number of hydrogen-bond acceptors (Lipinski definition) is 4. The molecule has 1 aliphatic rings. The Hall–Kier alpha value is -3.44. The molecular weight excluding hydrogens is 410 g/mol. The summed E-state index contributed by atoms with van der Waals surface area (Å²) >= 11 is 0. The number of hydrogen-bond donors (Lipinski definition) is 1. The van der Waals surface area contributed by atoms with Crippen molar-refractivity contribution in [3.8, 4) is 5.75 Å². The number of carbonyl (C=O) groups excluding carboxylic acids is 1. The molecule has 0 aromatic heterocycles. The van der Waals surface area contributed by atoms with Crippen molar-refractivity contribution >= 4 is 12.1 Å². The van der Waals surface area contributed by atoms with Crippen LogP contribution in [0.15, 0.2) is 77.9 Å². The summed E-state index contributed by atoms with van der Waals surface area (Å²) in [7, 11) is 0. The summed E-state index contributed by atoms with van der Waals surface area (Å²) in [6.45, 7) is 7.83. The Morgan fingerprint density at radius 1 is 1.03 bits per heavy atom. The van der Waals surface area contributed by atoms with Crippen LogP contribution in [-0.2, 0) is 19.5 Å². The quantitative estimate of drug-likeness (QED) is 0.393. The van der Waals surface area contributed by atoms with Crippen molar-refractivity contribution in [2.75, 3.05) is 13.2 Å². The normalized spacial score (nSPS) is 13.8. The van der Waals surface area contributed by atoms with Crippen molar-refractivity contribution in [1.82, 2.24) is 10.3 Å². The maximum absolute atomic E-state index is 12.4. The van der Waals surface area contributed by atoms with Crippen LogP contribution in [0.1, 0.15) is 46.5 Å². The van der Waals surface area contributed by atoms with Crippen LogP contribution < -0.4 is 10.2 Å². The van der Waals surface area contributed by atoms with Crippen LogP contribution in [0.25, 0.3) is 0 Å². The first-order valence-electron chi connectivity index (χ1n) is 11.5. The lowest BCUT2D eigenvalue weighted by Crippen LogP contribution is -2.30. The monoisotopic (exact) mass is 441 g/mol. The molecule has 5 nitrogen and oxygen atoms in total. The second-order valence-corrected chi connectivity index (χ2v) is 8.90. The van der Waals surface area contributed by atoms with Crippen LogP contribution in [0.2, 0.25) is 0 Å². The Kier molecular flexibility index (Phi) is 7.53. The third kappa shape index (κ3) is 6.53. The van der Waals surface area contributed by atoms with Crippen molar-refractivity contribution in [1.29, 1.82) is 0 Å². The van der Waals surface area contributed by atoms with Crippen LogP contribution in [-0.4, -0.2) is 30.2 Å². The molecule has 0 radical (unpaired) electrons. The second kappa shape index (κ2) is 10.9. The van der Waals surface area contributed by atoms with E-state index in [-0.39, 0.29) is 5.91 Å². The molecule has 1 N–H and O–H groups in total. The maximum atomic E-state index is 12.4. The third-order valence-electron chi connectivity index (χ3n) is 5.68. The van der Waals surface area contributed by atoms with Gasteiger partial charge in [-0.15, -0.1) is 0 Å². The van der Waals surface area contributed by atoms with Crippen molar-refractivity contribution in [2.45, 2.75) is 33.4 Å². The molecule has 0 atom stereocenters. The first-order chi connectivity index (χ1) is 16.1. The van der Waals surface area contributed by atoms with E-state index in [0.29, 0.717) is 18.1 Å². The number of nitrogens with one attached hydrogen (secondary N) is 1. The van der Waals surface area contributed by atoms with Gasteiger partial charge in [-0.3, -0.25) is 9.69 Å². The third-order valence-corrected chi connectivity index (χ3v) is 5.68. The highest BCUT2D eigenvalue weighted by Crippen LogP contribution is 2.20. The summed E-state index contributed by atoms with van der Waals surface area (Å²) in [6.07, 6.45) is 2.72. The minimum absolute atomic E-state index is 0.221. The highest BCUT2D eigenvalue weighted by atomic mass is 16.5. The zero-order chi connectivity index (χ0) is 23.0. The number of amides is 1. The van der Waals surface area contributed by atoms with Crippen molar-refractivity contribution < 1.29 is 9.53 Å². The largest absolute Gasteiger partial charge is 0.493 e. The number of benzene rings is 3. The smallest absolute Gasteiger partial charge is 0.271 e. The molecule has 33 heavy (non-hydrogen) atoms. The van der Waals surface area contributed by atoms with E-state index in [1.807, 2.05) is 48.5 Å². The Balaban J connectivity index is 1.26. The minimum atomic E-state index is -0.221. The number of nitrogens with zero attached hydrogens (tertiary/aromatic N) is 2. The van der Waals surface area contributed by atoms with Crippen LogP contribution in [0.4, 0.5) is 0 Å². The van der Waals surface area contributed by atoms with E-state index in [2.05, 4.69) is 53.5 Å². The topological polar surface area (TPSA) is 53.9 Å². The number of hydrazone groups is 1. The van der Waals surface area contributed by atoms with Crippen LogP contribution in [0.3, 0.4) is 0 Å².